The van der Waals surface area contributed by atoms with Crippen molar-refractivity contribution in [3.8, 4) is 0 Å². The van der Waals surface area contributed by atoms with E-state index < -0.39 is 11.7 Å². The second-order valence-corrected chi connectivity index (χ2v) is 4.93. The van der Waals surface area contributed by atoms with Crippen LogP contribution in [0.3, 0.4) is 0 Å². The van der Waals surface area contributed by atoms with E-state index in [0.29, 0.717) is 17.9 Å². The van der Waals surface area contributed by atoms with Gasteiger partial charge in [0.15, 0.2) is 0 Å². The second-order valence-electron chi connectivity index (χ2n) is 4.93. The summed E-state index contributed by atoms with van der Waals surface area (Å²) >= 11 is 0. The van der Waals surface area contributed by atoms with E-state index in [1.807, 2.05) is 7.05 Å². The van der Waals surface area contributed by atoms with Crippen molar-refractivity contribution in [1.29, 1.82) is 0 Å². The van der Waals surface area contributed by atoms with Crippen molar-refractivity contribution in [2.45, 2.75) is 37.9 Å². The van der Waals surface area contributed by atoms with Crippen LogP contribution in [0.4, 0.5) is 13.2 Å². The van der Waals surface area contributed by atoms with E-state index in [4.69, 9.17) is 0 Å². The molecule has 1 N–H and O–H groups in total. The summed E-state index contributed by atoms with van der Waals surface area (Å²) in [4.78, 5) is 0. The number of nitrogens with one attached hydrogen (secondary N) is 1. The highest BCUT2D eigenvalue weighted by atomic mass is 19.4. The van der Waals surface area contributed by atoms with E-state index in [2.05, 4.69) is 12.2 Å². The molecule has 1 aromatic rings. The topological polar surface area (TPSA) is 12.0 Å². The van der Waals surface area contributed by atoms with Crippen molar-refractivity contribution in [3.63, 3.8) is 0 Å². The van der Waals surface area contributed by atoms with E-state index in [1.54, 1.807) is 12.1 Å². The molecular weight excluding hydrogens is 239 g/mol. The predicted octanol–water partition coefficient (Wildman–Crippen LogP) is 3.81. The smallest absolute Gasteiger partial charge is 0.317 e. The van der Waals surface area contributed by atoms with Gasteiger partial charge in [-0.3, -0.25) is 0 Å². The first kappa shape index (κ1) is 13.4. The van der Waals surface area contributed by atoms with Gasteiger partial charge in [0.25, 0.3) is 0 Å². The summed E-state index contributed by atoms with van der Waals surface area (Å²) in [6.45, 7) is 2.13. The molecule has 3 atom stereocenters. The largest absolute Gasteiger partial charge is 0.416 e. The fourth-order valence-corrected chi connectivity index (χ4v) is 2.91. The van der Waals surface area contributed by atoms with Gasteiger partial charge in [0.1, 0.15) is 0 Å². The molecule has 0 aromatic heterocycles. The van der Waals surface area contributed by atoms with Gasteiger partial charge in [0.05, 0.1) is 5.56 Å². The highest BCUT2D eigenvalue weighted by molar-refractivity contribution is 5.30. The lowest BCUT2D eigenvalue weighted by molar-refractivity contribution is -0.137. The highest BCUT2D eigenvalue weighted by Gasteiger charge is 2.39. The van der Waals surface area contributed by atoms with Crippen LogP contribution in [-0.2, 0) is 6.18 Å². The molecule has 0 heterocycles. The maximum Gasteiger partial charge on any atom is 0.416 e. The monoisotopic (exact) mass is 257 g/mol. The van der Waals surface area contributed by atoms with Crippen LogP contribution < -0.4 is 5.32 Å². The van der Waals surface area contributed by atoms with Crippen LogP contribution in [0.2, 0.25) is 0 Å². The molecule has 0 radical (unpaired) electrons. The van der Waals surface area contributed by atoms with Crippen LogP contribution in [0.5, 0.6) is 0 Å². The Kier molecular flexibility index (Phi) is 3.66. The molecule has 1 nitrogen and oxygen atoms in total. The zero-order valence-electron chi connectivity index (χ0n) is 10.6. The van der Waals surface area contributed by atoms with Crippen molar-refractivity contribution in [1.82, 2.24) is 5.32 Å². The Bertz CT molecular complexity index is 396. The zero-order valence-corrected chi connectivity index (χ0v) is 10.6. The van der Waals surface area contributed by atoms with E-state index in [-0.39, 0.29) is 0 Å². The Hall–Kier alpha value is -1.03. The van der Waals surface area contributed by atoms with Gasteiger partial charge in [-0.25, -0.2) is 0 Å². The SMILES string of the molecule is CCC1C(NC)CC1c1ccc(C(F)(F)F)cc1. The Labute approximate surface area is 105 Å². The van der Waals surface area contributed by atoms with Gasteiger partial charge in [-0.15, -0.1) is 0 Å². The van der Waals surface area contributed by atoms with Gasteiger partial charge in [-0.1, -0.05) is 25.5 Å². The van der Waals surface area contributed by atoms with Crippen molar-refractivity contribution in [2.24, 2.45) is 5.92 Å². The third-order valence-corrected chi connectivity index (χ3v) is 4.05. The number of halogens is 3. The van der Waals surface area contributed by atoms with Gasteiger partial charge in [-0.05, 0) is 43.0 Å². The Balaban J connectivity index is 2.12. The molecule has 100 valence electrons. The summed E-state index contributed by atoms with van der Waals surface area (Å²) in [5.41, 5.74) is 0.463. The number of hydrogen-bond donors (Lipinski definition) is 1. The molecule has 1 aromatic carbocycles. The summed E-state index contributed by atoms with van der Waals surface area (Å²) < 4.78 is 37.4. The van der Waals surface area contributed by atoms with Crippen molar-refractivity contribution in [2.75, 3.05) is 7.05 Å². The van der Waals surface area contributed by atoms with E-state index >= 15 is 0 Å². The minimum Gasteiger partial charge on any atom is -0.317 e. The average molecular weight is 257 g/mol. The molecule has 4 heteroatoms. The predicted molar refractivity (Wildman–Crippen MR) is 65.4 cm³/mol. The molecule has 1 saturated carbocycles. The van der Waals surface area contributed by atoms with Gasteiger partial charge in [-0.2, -0.15) is 13.2 Å². The summed E-state index contributed by atoms with van der Waals surface area (Å²) in [6.07, 6.45) is -2.17. The maximum atomic E-state index is 12.5. The van der Waals surface area contributed by atoms with Gasteiger partial charge in [0, 0.05) is 6.04 Å². The van der Waals surface area contributed by atoms with Gasteiger partial charge >= 0.3 is 6.18 Å². The van der Waals surface area contributed by atoms with E-state index in [1.165, 1.54) is 12.1 Å². The molecule has 3 unspecified atom stereocenters. The maximum absolute atomic E-state index is 12.5. The number of hydrogen-bond acceptors (Lipinski definition) is 1. The molecular formula is C14H18F3N. The lowest BCUT2D eigenvalue weighted by Gasteiger charge is -2.45. The average Bonchev–Trinajstić information content (AvgIpc) is 2.28. The van der Waals surface area contributed by atoms with E-state index in [9.17, 15) is 13.2 Å². The van der Waals surface area contributed by atoms with E-state index in [0.717, 1.165) is 18.4 Å². The molecule has 2 rings (SSSR count). The minimum atomic E-state index is -4.24. The molecule has 1 fully saturated rings. The van der Waals surface area contributed by atoms with Crippen LogP contribution in [0.15, 0.2) is 24.3 Å². The van der Waals surface area contributed by atoms with Gasteiger partial charge in [0.2, 0.25) is 0 Å². The fraction of sp³-hybridized carbons (Fsp3) is 0.571. The second kappa shape index (κ2) is 4.92. The molecule has 1 aliphatic rings. The van der Waals surface area contributed by atoms with Crippen molar-refractivity contribution < 1.29 is 13.2 Å². The summed E-state index contributed by atoms with van der Waals surface area (Å²) in [5.74, 6) is 0.932. The molecule has 0 spiro atoms. The summed E-state index contributed by atoms with van der Waals surface area (Å²) in [5, 5.41) is 3.26. The number of alkyl halides is 3. The van der Waals surface area contributed by atoms with Crippen molar-refractivity contribution in [3.05, 3.63) is 35.4 Å². The quantitative estimate of drug-likeness (QED) is 0.868. The van der Waals surface area contributed by atoms with Crippen LogP contribution in [0, 0.1) is 5.92 Å². The molecule has 0 amide bonds. The lowest BCUT2D eigenvalue weighted by atomic mass is 9.65. The number of benzene rings is 1. The first-order valence-corrected chi connectivity index (χ1v) is 6.31. The van der Waals surface area contributed by atoms with Crippen LogP contribution in [0.1, 0.15) is 36.8 Å². The fourth-order valence-electron chi connectivity index (χ4n) is 2.91. The third kappa shape index (κ3) is 2.39. The lowest BCUT2D eigenvalue weighted by Crippen LogP contribution is -2.47. The standard InChI is InChI=1S/C14H18F3N/c1-3-11-12(8-13(11)18-2)9-4-6-10(7-5-9)14(15,16)17/h4-7,11-13,18H,3,8H2,1-2H3. The third-order valence-electron chi connectivity index (χ3n) is 4.05. The molecule has 1 aliphatic carbocycles. The molecule has 18 heavy (non-hydrogen) atoms. The normalized spacial score (nSPS) is 27.9. The van der Waals surface area contributed by atoms with Crippen molar-refractivity contribution >= 4 is 0 Å². The Morgan fingerprint density at radius 1 is 1.22 bits per heavy atom. The first-order chi connectivity index (χ1) is 8.47. The zero-order chi connectivity index (χ0) is 13.3. The van der Waals surface area contributed by atoms with Gasteiger partial charge < -0.3 is 5.32 Å². The van der Waals surface area contributed by atoms with Crippen LogP contribution >= 0.6 is 0 Å². The number of rotatable bonds is 3. The summed E-state index contributed by atoms with van der Waals surface area (Å²) in [7, 11) is 1.94. The first-order valence-electron chi connectivity index (χ1n) is 6.31. The van der Waals surface area contributed by atoms with Crippen LogP contribution in [0.25, 0.3) is 0 Å². The molecule has 0 saturated heterocycles. The molecule has 0 aliphatic heterocycles. The molecule has 0 bridgehead atoms. The Morgan fingerprint density at radius 2 is 1.83 bits per heavy atom. The summed E-state index contributed by atoms with van der Waals surface area (Å²) in [6, 6.07) is 6.13. The Morgan fingerprint density at radius 3 is 2.28 bits per heavy atom. The minimum absolute atomic E-state index is 0.398. The van der Waals surface area contributed by atoms with Crippen LogP contribution in [-0.4, -0.2) is 13.1 Å². The highest BCUT2D eigenvalue weighted by Crippen LogP contribution is 2.44.